The molecule has 117 valence electrons. The van der Waals surface area contributed by atoms with E-state index in [-0.39, 0.29) is 16.8 Å². The fourth-order valence-corrected chi connectivity index (χ4v) is 1.45. The molecule has 0 aliphatic carbocycles. The summed E-state index contributed by atoms with van der Waals surface area (Å²) in [6.07, 6.45) is 9.08. The Morgan fingerprint density at radius 3 is 1.68 bits per heavy atom. The first kappa shape index (κ1) is 27.4. The first-order valence-corrected chi connectivity index (χ1v) is 7.10. The highest BCUT2D eigenvalue weighted by Gasteiger charge is 2.04. The first-order valence-electron chi connectivity index (χ1n) is 7.10. The molecule has 0 aromatic carbocycles. The van der Waals surface area contributed by atoms with Gasteiger partial charge in [-0.25, -0.2) is 5.90 Å². The quantitative estimate of drug-likeness (QED) is 0.299. The van der Waals surface area contributed by atoms with Gasteiger partial charge in [0.05, 0.1) is 34.3 Å². The van der Waals surface area contributed by atoms with Gasteiger partial charge in [-0.15, -0.1) is 0 Å². The normalized spacial score (nSPS) is 9.79. The maximum absolute atomic E-state index is 4.77. The Kier molecular flexibility index (Phi) is 29.3. The number of nitrogens with two attached hydrogens (primary N) is 1. The van der Waals surface area contributed by atoms with E-state index in [1.165, 1.54) is 45.1 Å². The summed E-state index contributed by atoms with van der Waals surface area (Å²) in [5, 5.41) is 0. The zero-order valence-corrected chi connectivity index (χ0v) is 13.4. The van der Waals surface area contributed by atoms with Crippen molar-refractivity contribution < 1.29 is 9.32 Å². The van der Waals surface area contributed by atoms with E-state index in [0.717, 1.165) is 10.9 Å². The second kappa shape index (κ2) is 20.3. The number of hydrogen-bond donors (Lipinski definition) is 1. The Labute approximate surface area is 126 Å². The van der Waals surface area contributed by atoms with Gasteiger partial charge in [-0.3, -0.25) is 0 Å². The third-order valence-corrected chi connectivity index (χ3v) is 2.55. The van der Waals surface area contributed by atoms with Crippen LogP contribution < -0.4 is 5.90 Å². The molecule has 0 atom stereocenters. The van der Waals surface area contributed by atoms with E-state index >= 15 is 0 Å². The molecule has 0 aliphatic heterocycles. The van der Waals surface area contributed by atoms with E-state index in [4.69, 9.17) is 5.90 Å². The van der Waals surface area contributed by atoms with E-state index < -0.39 is 0 Å². The highest BCUT2D eigenvalue weighted by atomic mass is 16.6. The number of quaternary nitrogens is 1. The summed E-state index contributed by atoms with van der Waals surface area (Å²) in [7, 11) is 6.77. The van der Waals surface area contributed by atoms with Crippen LogP contribution in [0.4, 0.5) is 0 Å². The predicted molar refractivity (Wildman–Crippen MR) is 93.8 cm³/mol. The van der Waals surface area contributed by atoms with Gasteiger partial charge in [0.1, 0.15) is 0 Å². The molecule has 0 aliphatic rings. The van der Waals surface area contributed by atoms with Gasteiger partial charge in [-0.05, 0) is 19.3 Å². The molecule has 0 heterocycles. The first-order chi connectivity index (χ1) is 7.97. The van der Waals surface area contributed by atoms with Crippen LogP contribution in [0.3, 0.4) is 0 Å². The molecular weight excluding hydrogens is 234 g/mol. The van der Waals surface area contributed by atoms with Crippen molar-refractivity contribution >= 4 is 16.8 Å². The minimum atomic E-state index is 0. The Morgan fingerprint density at radius 1 is 0.842 bits per heavy atom. The summed E-state index contributed by atoms with van der Waals surface area (Å²) in [4.78, 5) is 4.34. The van der Waals surface area contributed by atoms with Crippen molar-refractivity contribution in [2.24, 2.45) is 5.90 Å². The number of nitrogens with zero attached hydrogens (tertiary/aromatic N) is 1. The maximum atomic E-state index is 4.77. The largest absolute Gasteiger partial charge is 0.331 e. The zero-order chi connectivity index (χ0) is 13.6. The number of rotatable bonds is 9. The average Bonchev–Trinajstić information content (AvgIpc) is 2.25. The minimum Gasteiger partial charge on any atom is -0.331 e. The van der Waals surface area contributed by atoms with Gasteiger partial charge in [0.15, 0.2) is 0 Å². The zero-order valence-electron chi connectivity index (χ0n) is 13.4. The van der Waals surface area contributed by atoms with Crippen LogP contribution >= 0.6 is 0 Å². The minimum absolute atomic E-state index is 0. The van der Waals surface area contributed by atoms with Crippen molar-refractivity contribution in [2.45, 2.75) is 58.8 Å². The summed E-state index contributed by atoms with van der Waals surface area (Å²) >= 11 is 0. The molecule has 0 aromatic heterocycles. The van der Waals surface area contributed by atoms with Crippen molar-refractivity contribution in [1.29, 1.82) is 0 Å². The van der Waals surface area contributed by atoms with Gasteiger partial charge >= 0.3 is 0 Å². The third-order valence-electron chi connectivity index (χ3n) is 2.55. The van der Waals surface area contributed by atoms with E-state index in [2.05, 4.69) is 39.8 Å². The summed E-state index contributed by atoms with van der Waals surface area (Å²) in [5.74, 6) is 4.77. The van der Waals surface area contributed by atoms with Gasteiger partial charge in [0.25, 0.3) is 0 Å². The lowest BCUT2D eigenvalue weighted by Crippen LogP contribution is -2.35. The fraction of sp³-hybridized carbons (Fsp3) is 1.00. The Balaban J connectivity index is -0.000000112. The topological polar surface area (TPSA) is 35.2 Å². The monoisotopic (exact) mass is 273 g/mol. The van der Waals surface area contributed by atoms with Crippen molar-refractivity contribution in [2.75, 3.05) is 34.3 Å². The molecule has 0 bridgehead atoms. The molecule has 3 nitrogen and oxygen atoms in total. The van der Waals surface area contributed by atoms with E-state index in [1.807, 2.05) is 0 Å². The van der Waals surface area contributed by atoms with Gasteiger partial charge in [0.2, 0.25) is 0 Å². The van der Waals surface area contributed by atoms with Gasteiger partial charge < -0.3 is 9.32 Å². The van der Waals surface area contributed by atoms with Crippen LogP contribution in [0.1, 0.15) is 58.8 Å². The highest BCUT2D eigenvalue weighted by Crippen LogP contribution is 2.02. The van der Waals surface area contributed by atoms with Crippen molar-refractivity contribution in [1.82, 2.24) is 0 Å². The smallest absolute Gasteiger partial charge is 0.0780 e. The lowest BCUT2D eigenvalue weighted by Gasteiger charge is -2.23. The second-order valence-electron chi connectivity index (χ2n) is 5.65. The summed E-state index contributed by atoms with van der Waals surface area (Å²) in [5.41, 5.74) is 0. The van der Waals surface area contributed by atoms with Crippen LogP contribution in [0.25, 0.3) is 0 Å². The SMILES string of the molecule is CCCCCC[N+](C)(C)C.CCCCCON.[BH4-].[B]. The van der Waals surface area contributed by atoms with Gasteiger partial charge in [-0.1, -0.05) is 47.9 Å². The summed E-state index contributed by atoms with van der Waals surface area (Å²) in [6.45, 7) is 6.43. The summed E-state index contributed by atoms with van der Waals surface area (Å²) in [6, 6.07) is 0. The van der Waals surface area contributed by atoms with Crippen molar-refractivity contribution in [3.05, 3.63) is 0 Å². The molecule has 0 aromatic rings. The number of unbranched alkanes of at least 4 members (excludes halogenated alkanes) is 5. The molecule has 3 radical (unpaired) electrons. The van der Waals surface area contributed by atoms with Crippen LogP contribution in [-0.4, -0.2) is 55.6 Å². The number of hydrogen-bond acceptors (Lipinski definition) is 2. The third kappa shape index (κ3) is 38.1. The lowest BCUT2D eigenvalue weighted by molar-refractivity contribution is -0.870. The predicted octanol–water partition coefficient (Wildman–Crippen LogP) is 1.51. The van der Waals surface area contributed by atoms with Crippen molar-refractivity contribution in [3.8, 4) is 0 Å². The standard InChI is InChI=1S/C9H22N.C5H13NO.BH4.B/c1-5-6-7-8-9-10(2,3)4;1-2-3-4-5-7-6;;/h5-9H2,1-4H3;2-6H2,1H3;1H4;/q+1;;-1;. The fourth-order valence-electron chi connectivity index (χ4n) is 1.45. The van der Waals surface area contributed by atoms with Crippen molar-refractivity contribution in [3.63, 3.8) is 0 Å². The van der Waals surface area contributed by atoms with E-state index in [9.17, 15) is 0 Å². The Morgan fingerprint density at radius 2 is 1.32 bits per heavy atom. The van der Waals surface area contributed by atoms with Crippen LogP contribution in [0.2, 0.25) is 0 Å². The molecule has 2 N–H and O–H groups in total. The molecule has 0 spiro atoms. The summed E-state index contributed by atoms with van der Waals surface area (Å²) < 4.78 is 1.11. The Hall–Kier alpha value is 0.00987. The average molecular weight is 273 g/mol. The van der Waals surface area contributed by atoms with Crippen LogP contribution in [-0.2, 0) is 4.84 Å². The molecule has 0 saturated carbocycles. The molecule has 0 unspecified atom stereocenters. The van der Waals surface area contributed by atoms with Gasteiger partial charge in [-0.2, -0.15) is 0 Å². The molecule has 19 heavy (non-hydrogen) atoms. The maximum Gasteiger partial charge on any atom is 0.0780 e. The molecule has 0 rings (SSSR count). The molecule has 5 heteroatoms. The molecule has 0 saturated heterocycles. The van der Waals surface area contributed by atoms with E-state index in [0.29, 0.717) is 6.61 Å². The molecular formula is C14H39B2N2O. The highest BCUT2D eigenvalue weighted by molar-refractivity contribution is 5.76. The molecule has 0 amide bonds. The Bertz CT molecular complexity index is 138. The second-order valence-corrected chi connectivity index (χ2v) is 5.65. The van der Waals surface area contributed by atoms with Crippen LogP contribution in [0.5, 0.6) is 0 Å². The lowest BCUT2D eigenvalue weighted by atomic mass is 10.2. The van der Waals surface area contributed by atoms with Crippen LogP contribution in [0.15, 0.2) is 0 Å². The van der Waals surface area contributed by atoms with Gasteiger partial charge in [0, 0.05) is 8.41 Å². The van der Waals surface area contributed by atoms with Crippen LogP contribution in [0, 0.1) is 0 Å². The molecule has 0 fully saturated rings. The van der Waals surface area contributed by atoms with E-state index in [1.54, 1.807) is 0 Å².